The highest BCUT2D eigenvalue weighted by molar-refractivity contribution is 5.37. The molecule has 3 rings (SSSR count). The average molecular weight is 258 g/mol. The summed E-state index contributed by atoms with van der Waals surface area (Å²) >= 11 is 0. The molecule has 0 amide bonds. The van der Waals surface area contributed by atoms with Gasteiger partial charge in [0.1, 0.15) is 17.7 Å². The van der Waals surface area contributed by atoms with Crippen LogP contribution >= 0.6 is 0 Å². The van der Waals surface area contributed by atoms with Gasteiger partial charge in [0.25, 0.3) is 0 Å². The van der Waals surface area contributed by atoms with Crippen LogP contribution in [-0.4, -0.2) is 17.6 Å². The molecule has 1 atom stereocenters. The minimum Gasteiger partial charge on any atom is -0.488 e. The van der Waals surface area contributed by atoms with Crippen molar-refractivity contribution in [3.05, 3.63) is 59.7 Å². The minimum absolute atomic E-state index is 0.0821. The van der Waals surface area contributed by atoms with Crippen LogP contribution in [0.5, 0.6) is 5.75 Å². The monoisotopic (exact) mass is 258 g/mol. The number of nitrogens with one attached hydrogen (secondary N) is 1. The van der Waals surface area contributed by atoms with E-state index in [1.807, 2.05) is 12.1 Å². The summed E-state index contributed by atoms with van der Waals surface area (Å²) in [5.41, 5.74) is 2.15. The first-order valence-corrected chi connectivity index (χ1v) is 6.36. The Hall–Kier alpha value is -1.94. The highest BCUT2D eigenvalue weighted by Gasteiger charge is 2.22. The Labute approximate surface area is 111 Å². The molecule has 1 unspecified atom stereocenters. The predicted octanol–water partition coefficient (Wildman–Crippen LogP) is 2.31. The lowest BCUT2D eigenvalue weighted by Gasteiger charge is -2.11. The summed E-state index contributed by atoms with van der Waals surface area (Å²) in [4.78, 5) is 3.98. The number of rotatable bonds is 4. The molecule has 0 fully saturated rings. The minimum atomic E-state index is -0.201. The van der Waals surface area contributed by atoms with E-state index in [0.717, 1.165) is 30.8 Å². The quantitative estimate of drug-likeness (QED) is 0.913. The maximum absolute atomic E-state index is 13.1. The highest BCUT2D eigenvalue weighted by Crippen LogP contribution is 2.28. The lowest BCUT2D eigenvalue weighted by Crippen LogP contribution is -2.29. The van der Waals surface area contributed by atoms with Crippen molar-refractivity contribution in [2.45, 2.75) is 19.1 Å². The molecule has 0 saturated carbocycles. The number of ether oxygens (including phenoxy) is 1. The molecule has 98 valence electrons. The van der Waals surface area contributed by atoms with Gasteiger partial charge in [-0.05, 0) is 35.9 Å². The van der Waals surface area contributed by atoms with Gasteiger partial charge in [-0.2, -0.15) is 0 Å². The van der Waals surface area contributed by atoms with Gasteiger partial charge in [0.15, 0.2) is 0 Å². The number of aromatic nitrogens is 1. The first-order chi connectivity index (χ1) is 9.31. The molecule has 0 saturated heterocycles. The third-order valence-electron chi connectivity index (χ3n) is 3.21. The lowest BCUT2D eigenvalue weighted by atomic mass is 10.1. The number of pyridine rings is 1. The molecule has 1 N–H and O–H groups in total. The van der Waals surface area contributed by atoms with Crippen LogP contribution in [0.25, 0.3) is 0 Å². The average Bonchev–Trinajstić information content (AvgIpc) is 2.82. The standard InChI is InChI=1S/C15H15FN2O/c16-13-1-2-15-12(7-13)8-14(19-15)10-18-9-11-3-5-17-6-4-11/h1-7,14,18H,8-10H2. The van der Waals surface area contributed by atoms with Gasteiger partial charge in [0, 0.05) is 37.5 Å². The number of benzene rings is 1. The van der Waals surface area contributed by atoms with Crippen LogP contribution in [0.15, 0.2) is 42.7 Å². The molecule has 3 nitrogen and oxygen atoms in total. The van der Waals surface area contributed by atoms with Crippen LogP contribution in [0.4, 0.5) is 4.39 Å². The van der Waals surface area contributed by atoms with Crippen LogP contribution in [0.1, 0.15) is 11.1 Å². The van der Waals surface area contributed by atoms with Gasteiger partial charge in [-0.1, -0.05) is 0 Å². The zero-order chi connectivity index (χ0) is 13.1. The molecule has 4 heteroatoms. The summed E-state index contributed by atoms with van der Waals surface area (Å²) in [7, 11) is 0. The van der Waals surface area contributed by atoms with E-state index >= 15 is 0 Å². The van der Waals surface area contributed by atoms with Gasteiger partial charge in [0.2, 0.25) is 0 Å². The smallest absolute Gasteiger partial charge is 0.123 e. The van der Waals surface area contributed by atoms with Crippen molar-refractivity contribution in [1.29, 1.82) is 0 Å². The first-order valence-electron chi connectivity index (χ1n) is 6.36. The van der Waals surface area contributed by atoms with Gasteiger partial charge in [-0.15, -0.1) is 0 Å². The fourth-order valence-electron chi connectivity index (χ4n) is 2.28. The second-order valence-corrected chi connectivity index (χ2v) is 4.68. The summed E-state index contributed by atoms with van der Waals surface area (Å²) < 4.78 is 18.8. The summed E-state index contributed by atoms with van der Waals surface area (Å²) in [5, 5.41) is 3.35. The Morgan fingerprint density at radius 3 is 2.95 bits per heavy atom. The Morgan fingerprint density at radius 1 is 1.26 bits per heavy atom. The van der Waals surface area contributed by atoms with Crippen molar-refractivity contribution < 1.29 is 9.13 Å². The Bertz CT molecular complexity index is 559. The second kappa shape index (κ2) is 5.36. The Kier molecular flexibility index (Phi) is 3.42. The second-order valence-electron chi connectivity index (χ2n) is 4.68. The third kappa shape index (κ3) is 2.90. The lowest BCUT2D eigenvalue weighted by molar-refractivity contribution is 0.227. The van der Waals surface area contributed by atoms with Gasteiger partial charge in [-0.3, -0.25) is 4.98 Å². The van der Waals surface area contributed by atoms with Gasteiger partial charge in [-0.25, -0.2) is 4.39 Å². The molecule has 0 spiro atoms. The van der Waals surface area contributed by atoms with Crippen LogP contribution in [-0.2, 0) is 13.0 Å². The van der Waals surface area contributed by atoms with E-state index in [-0.39, 0.29) is 11.9 Å². The van der Waals surface area contributed by atoms with Crippen LogP contribution in [0.2, 0.25) is 0 Å². The summed E-state index contributed by atoms with van der Waals surface area (Å²) in [5.74, 6) is 0.602. The molecule has 2 aromatic rings. The maximum atomic E-state index is 13.1. The third-order valence-corrected chi connectivity index (χ3v) is 3.21. The zero-order valence-electron chi connectivity index (χ0n) is 10.5. The molecule has 0 radical (unpaired) electrons. The molecule has 1 aliphatic heterocycles. The highest BCUT2D eigenvalue weighted by atomic mass is 19.1. The molecular weight excluding hydrogens is 243 g/mol. The van der Waals surface area contributed by atoms with E-state index in [4.69, 9.17) is 4.74 Å². The largest absolute Gasteiger partial charge is 0.488 e. The Morgan fingerprint density at radius 2 is 2.11 bits per heavy atom. The molecular formula is C15H15FN2O. The van der Waals surface area contributed by atoms with Crippen molar-refractivity contribution in [3.63, 3.8) is 0 Å². The number of hydrogen-bond acceptors (Lipinski definition) is 3. The van der Waals surface area contributed by atoms with Crippen LogP contribution in [0.3, 0.4) is 0 Å². The number of fused-ring (bicyclic) bond motifs is 1. The fourth-order valence-corrected chi connectivity index (χ4v) is 2.28. The van der Waals surface area contributed by atoms with Crippen molar-refractivity contribution in [3.8, 4) is 5.75 Å². The predicted molar refractivity (Wildman–Crippen MR) is 70.5 cm³/mol. The molecule has 1 aromatic carbocycles. The van der Waals surface area contributed by atoms with Crippen molar-refractivity contribution in [2.75, 3.05) is 6.54 Å². The van der Waals surface area contributed by atoms with E-state index in [9.17, 15) is 4.39 Å². The number of halogens is 1. The molecule has 0 bridgehead atoms. The first kappa shape index (κ1) is 12.1. The van der Waals surface area contributed by atoms with Crippen LogP contribution < -0.4 is 10.1 Å². The maximum Gasteiger partial charge on any atom is 0.123 e. The molecule has 1 aromatic heterocycles. The van der Waals surface area contributed by atoms with Gasteiger partial charge < -0.3 is 10.1 Å². The van der Waals surface area contributed by atoms with Crippen molar-refractivity contribution in [1.82, 2.24) is 10.3 Å². The van der Waals surface area contributed by atoms with E-state index in [0.29, 0.717) is 0 Å². The van der Waals surface area contributed by atoms with Crippen molar-refractivity contribution in [2.24, 2.45) is 0 Å². The number of nitrogens with zero attached hydrogens (tertiary/aromatic N) is 1. The zero-order valence-corrected chi connectivity index (χ0v) is 10.5. The molecule has 19 heavy (non-hydrogen) atoms. The summed E-state index contributed by atoms with van der Waals surface area (Å²) in [6.07, 6.45) is 4.40. The van der Waals surface area contributed by atoms with Crippen LogP contribution in [0, 0.1) is 5.82 Å². The topological polar surface area (TPSA) is 34.2 Å². The summed E-state index contributed by atoms with van der Waals surface area (Å²) in [6.45, 7) is 1.53. The molecule has 0 aliphatic carbocycles. The van der Waals surface area contributed by atoms with Gasteiger partial charge >= 0.3 is 0 Å². The van der Waals surface area contributed by atoms with E-state index in [1.165, 1.54) is 11.6 Å². The Balaban J connectivity index is 1.51. The van der Waals surface area contributed by atoms with Gasteiger partial charge in [0.05, 0.1) is 0 Å². The van der Waals surface area contributed by atoms with E-state index in [1.54, 1.807) is 24.5 Å². The number of hydrogen-bond donors (Lipinski definition) is 1. The SMILES string of the molecule is Fc1ccc2c(c1)CC(CNCc1ccncc1)O2. The molecule has 1 aliphatic rings. The van der Waals surface area contributed by atoms with Crippen molar-refractivity contribution >= 4 is 0 Å². The van der Waals surface area contributed by atoms with E-state index in [2.05, 4.69) is 10.3 Å². The fraction of sp³-hybridized carbons (Fsp3) is 0.267. The summed E-state index contributed by atoms with van der Waals surface area (Å²) in [6, 6.07) is 8.65. The van der Waals surface area contributed by atoms with E-state index < -0.39 is 0 Å². The molecule has 2 heterocycles. The normalized spacial score (nSPS) is 17.0.